The predicted octanol–water partition coefficient (Wildman–Crippen LogP) is 2.69. The van der Waals surface area contributed by atoms with Gasteiger partial charge in [0.25, 0.3) is 0 Å². The number of nitrogens with one attached hydrogen (secondary N) is 2. The van der Waals surface area contributed by atoms with E-state index in [1.165, 1.54) is 0 Å². The monoisotopic (exact) mass is 363 g/mol. The van der Waals surface area contributed by atoms with Crippen LogP contribution in [0.5, 0.6) is 0 Å². The van der Waals surface area contributed by atoms with E-state index in [0.717, 1.165) is 35.0 Å². The zero-order chi connectivity index (χ0) is 19.0. The fraction of sp³-hybridized carbons (Fsp3) is 0.400. The number of H-pyrrole nitrogens is 1. The Morgan fingerprint density at radius 2 is 2.26 bits per heavy atom. The molecule has 2 aromatic rings. The Morgan fingerprint density at radius 1 is 1.44 bits per heavy atom. The van der Waals surface area contributed by atoms with Gasteiger partial charge in [-0.05, 0) is 42.0 Å². The highest BCUT2D eigenvalue weighted by atomic mass is 16.2. The van der Waals surface area contributed by atoms with E-state index >= 15 is 0 Å². The fourth-order valence-electron chi connectivity index (χ4n) is 3.59. The van der Waals surface area contributed by atoms with Gasteiger partial charge in [-0.15, -0.1) is 0 Å². The Labute approximate surface area is 157 Å². The van der Waals surface area contributed by atoms with E-state index in [-0.39, 0.29) is 30.1 Å². The van der Waals surface area contributed by atoms with Crippen molar-refractivity contribution in [1.29, 1.82) is 5.26 Å². The topological polar surface area (TPSA) is 102 Å². The summed E-state index contributed by atoms with van der Waals surface area (Å²) in [6, 6.07) is 5.82. The van der Waals surface area contributed by atoms with Crippen molar-refractivity contribution in [2.24, 2.45) is 11.8 Å². The largest absolute Gasteiger partial charge is 0.346 e. The quantitative estimate of drug-likeness (QED) is 0.872. The first kappa shape index (κ1) is 17.3. The van der Waals surface area contributed by atoms with Crippen LogP contribution in [-0.4, -0.2) is 39.8 Å². The zero-order valence-electron chi connectivity index (χ0n) is 15.2. The molecule has 2 amide bonds. The predicted molar refractivity (Wildman–Crippen MR) is 101 cm³/mol. The Morgan fingerprint density at radius 3 is 2.96 bits per heavy atom. The maximum absolute atomic E-state index is 12.1. The number of aromatic nitrogens is 2. The number of carbonyl (C=O) groups excluding carboxylic acids is 2. The highest BCUT2D eigenvalue weighted by Gasteiger charge is 2.30. The van der Waals surface area contributed by atoms with Gasteiger partial charge in [-0.1, -0.05) is 13.0 Å². The van der Waals surface area contributed by atoms with Gasteiger partial charge >= 0.3 is 0 Å². The van der Waals surface area contributed by atoms with E-state index in [1.54, 1.807) is 4.90 Å². The number of hydrogen-bond donors (Lipinski definition) is 2. The van der Waals surface area contributed by atoms with Crippen molar-refractivity contribution in [3.63, 3.8) is 0 Å². The minimum Gasteiger partial charge on any atom is -0.346 e. The molecule has 1 aliphatic carbocycles. The Balaban J connectivity index is 1.66. The van der Waals surface area contributed by atoms with Crippen LogP contribution in [0.1, 0.15) is 31.7 Å². The number of nitrogens with zero attached hydrogens (tertiary/aromatic N) is 3. The summed E-state index contributed by atoms with van der Waals surface area (Å²) in [6.07, 6.45) is 5.67. The molecule has 27 heavy (non-hydrogen) atoms. The average Bonchev–Trinajstić information content (AvgIpc) is 3.40. The maximum atomic E-state index is 12.1. The van der Waals surface area contributed by atoms with Crippen LogP contribution >= 0.6 is 0 Å². The highest BCUT2D eigenvalue weighted by Crippen LogP contribution is 2.35. The molecule has 0 radical (unpaired) electrons. The van der Waals surface area contributed by atoms with Crippen LogP contribution in [0.15, 0.2) is 24.4 Å². The molecular formula is C20H21N5O2. The van der Waals surface area contributed by atoms with Gasteiger partial charge in [-0.3, -0.25) is 9.59 Å². The second kappa shape index (κ2) is 6.88. The lowest BCUT2D eigenvalue weighted by atomic mass is 9.89. The highest BCUT2D eigenvalue weighted by molar-refractivity contribution is 5.97. The molecule has 0 saturated heterocycles. The van der Waals surface area contributed by atoms with Crippen LogP contribution in [-0.2, 0) is 9.59 Å². The molecule has 1 aliphatic heterocycles. The van der Waals surface area contributed by atoms with Gasteiger partial charge in [0.2, 0.25) is 11.8 Å². The van der Waals surface area contributed by atoms with Gasteiger partial charge in [0, 0.05) is 30.6 Å². The number of anilines is 1. The van der Waals surface area contributed by atoms with Gasteiger partial charge in [0.1, 0.15) is 17.9 Å². The molecule has 0 unspecified atom stereocenters. The lowest BCUT2D eigenvalue weighted by molar-refractivity contribution is -0.130. The number of carbonyl (C=O) groups is 2. The molecule has 138 valence electrons. The van der Waals surface area contributed by atoms with Gasteiger partial charge in [0.15, 0.2) is 0 Å². The van der Waals surface area contributed by atoms with Crippen molar-refractivity contribution in [3.8, 4) is 6.07 Å². The third-order valence-corrected chi connectivity index (χ3v) is 5.18. The first-order valence-electron chi connectivity index (χ1n) is 9.21. The van der Waals surface area contributed by atoms with Gasteiger partial charge in [-0.2, -0.15) is 5.26 Å². The summed E-state index contributed by atoms with van der Waals surface area (Å²) < 4.78 is 0. The normalized spacial score (nSPS) is 19.5. The number of amides is 2. The summed E-state index contributed by atoms with van der Waals surface area (Å²) >= 11 is 0. The molecule has 2 aromatic heterocycles. The number of rotatable bonds is 4. The summed E-state index contributed by atoms with van der Waals surface area (Å²) in [5.74, 6) is 0.667. The number of nitriles is 1. The minimum atomic E-state index is -0.140. The summed E-state index contributed by atoms with van der Waals surface area (Å²) in [7, 11) is 0. The third kappa shape index (κ3) is 3.43. The lowest BCUT2D eigenvalue weighted by Gasteiger charge is -2.31. The van der Waals surface area contributed by atoms with Crippen molar-refractivity contribution >= 4 is 34.2 Å². The molecule has 0 aromatic carbocycles. The zero-order valence-corrected chi connectivity index (χ0v) is 15.2. The Bertz CT molecular complexity index is 980. The summed E-state index contributed by atoms with van der Waals surface area (Å²) in [4.78, 5) is 33.5. The summed E-state index contributed by atoms with van der Waals surface area (Å²) in [6.45, 7) is 3.13. The van der Waals surface area contributed by atoms with Gasteiger partial charge < -0.3 is 15.2 Å². The summed E-state index contributed by atoms with van der Waals surface area (Å²) in [5, 5.41) is 12.7. The second-order valence-corrected chi connectivity index (χ2v) is 7.25. The van der Waals surface area contributed by atoms with E-state index in [4.69, 9.17) is 5.26 Å². The van der Waals surface area contributed by atoms with Crippen molar-refractivity contribution in [3.05, 3.63) is 30.0 Å². The minimum absolute atomic E-state index is 0.0262. The summed E-state index contributed by atoms with van der Waals surface area (Å²) in [5.41, 5.74) is 2.88. The molecule has 0 bridgehead atoms. The van der Waals surface area contributed by atoms with E-state index in [0.29, 0.717) is 18.9 Å². The number of pyridine rings is 1. The number of fused-ring (bicyclic) bond motifs is 1. The van der Waals surface area contributed by atoms with Crippen LogP contribution in [0.2, 0.25) is 0 Å². The van der Waals surface area contributed by atoms with Crippen molar-refractivity contribution in [2.45, 2.75) is 26.2 Å². The van der Waals surface area contributed by atoms with Crippen LogP contribution in [0.25, 0.3) is 16.6 Å². The standard InChI is InChI=1S/C20H21N5O2/c1-12-11-25(18(26)4-7-21)9-6-14(12)16-10-17(24-20(27)13-2-3-13)23-19-15(16)5-8-22-19/h5-6,8,10,12-13H,2-4,9,11H2,1H3,(H2,22,23,24,27)/t12-/m0/s1. The van der Waals surface area contributed by atoms with E-state index in [2.05, 4.69) is 22.2 Å². The van der Waals surface area contributed by atoms with E-state index < -0.39 is 0 Å². The van der Waals surface area contributed by atoms with Gasteiger partial charge in [0.05, 0.1) is 6.07 Å². The molecular weight excluding hydrogens is 342 g/mol. The van der Waals surface area contributed by atoms with Crippen LogP contribution in [0, 0.1) is 23.2 Å². The lowest BCUT2D eigenvalue weighted by Crippen LogP contribution is -2.37. The molecule has 1 atom stereocenters. The molecule has 3 heterocycles. The van der Waals surface area contributed by atoms with Crippen molar-refractivity contribution < 1.29 is 9.59 Å². The van der Waals surface area contributed by atoms with Crippen LogP contribution in [0.3, 0.4) is 0 Å². The molecule has 2 N–H and O–H groups in total. The molecule has 4 rings (SSSR count). The molecule has 7 heteroatoms. The second-order valence-electron chi connectivity index (χ2n) is 7.25. The Hall–Kier alpha value is -3.14. The van der Waals surface area contributed by atoms with Crippen molar-refractivity contribution in [1.82, 2.24) is 14.9 Å². The first-order chi connectivity index (χ1) is 13.1. The number of aromatic amines is 1. The molecule has 0 spiro atoms. The molecule has 2 aliphatic rings. The maximum Gasteiger partial charge on any atom is 0.237 e. The number of hydrogen-bond acceptors (Lipinski definition) is 4. The average molecular weight is 363 g/mol. The smallest absolute Gasteiger partial charge is 0.237 e. The fourth-order valence-corrected chi connectivity index (χ4v) is 3.59. The van der Waals surface area contributed by atoms with Gasteiger partial charge in [-0.25, -0.2) is 4.98 Å². The van der Waals surface area contributed by atoms with Crippen molar-refractivity contribution in [2.75, 3.05) is 18.4 Å². The van der Waals surface area contributed by atoms with E-state index in [9.17, 15) is 9.59 Å². The molecule has 7 nitrogen and oxygen atoms in total. The van der Waals surface area contributed by atoms with E-state index in [1.807, 2.05) is 30.5 Å². The van der Waals surface area contributed by atoms with Crippen LogP contribution < -0.4 is 5.32 Å². The Kier molecular flexibility index (Phi) is 4.40. The SMILES string of the molecule is C[C@H]1CN(C(=O)CC#N)CC=C1c1cc(NC(=O)C2CC2)nc2[nH]ccc12. The third-order valence-electron chi connectivity index (χ3n) is 5.18. The first-order valence-corrected chi connectivity index (χ1v) is 9.21. The molecule has 1 fully saturated rings. The molecule has 1 saturated carbocycles. The van der Waals surface area contributed by atoms with Crippen LogP contribution in [0.4, 0.5) is 5.82 Å².